The minimum atomic E-state index is -5.02. The molecule has 0 bridgehead atoms. The maximum absolute atomic E-state index is 13.6. The van der Waals surface area contributed by atoms with Gasteiger partial charge in [-0.3, -0.25) is 0 Å². The van der Waals surface area contributed by atoms with Crippen molar-refractivity contribution in [3.8, 4) is 28.3 Å². The second-order valence-electron chi connectivity index (χ2n) is 7.12. The van der Waals surface area contributed by atoms with Gasteiger partial charge in [0, 0.05) is 17.7 Å². The van der Waals surface area contributed by atoms with Crippen molar-refractivity contribution in [2.75, 3.05) is 17.9 Å². The van der Waals surface area contributed by atoms with Crippen LogP contribution in [-0.4, -0.2) is 44.7 Å². The monoisotopic (exact) mass is 534 g/mol. The smallest absolute Gasteiger partial charge is 0.361 e. The van der Waals surface area contributed by atoms with Gasteiger partial charge in [0.05, 0.1) is 21.9 Å². The molecule has 0 unspecified atom stereocenters. The van der Waals surface area contributed by atoms with Gasteiger partial charge >= 0.3 is 16.3 Å². The van der Waals surface area contributed by atoms with Crippen LogP contribution in [0.2, 0.25) is 0 Å². The third-order valence-electron chi connectivity index (χ3n) is 4.48. The Morgan fingerprint density at radius 2 is 1.53 bits per heavy atom. The van der Waals surface area contributed by atoms with Gasteiger partial charge in [-0.1, -0.05) is 42.5 Å². The molecule has 0 saturated heterocycles. The Balaban J connectivity index is 2.32. The first kappa shape index (κ1) is 25.9. The van der Waals surface area contributed by atoms with Crippen LogP contribution >= 0.6 is 11.6 Å². The normalized spacial score (nSPS) is 12.5. The minimum Gasteiger partial charge on any atom is -0.361 e. The molecule has 2 aromatic carbocycles. The topological polar surface area (TPSA) is 103 Å². The van der Waals surface area contributed by atoms with Gasteiger partial charge in [-0.2, -0.15) is 26.6 Å². The highest BCUT2D eigenvalue weighted by molar-refractivity contribution is 7.90. The molecule has 1 aromatic heterocycles. The van der Waals surface area contributed by atoms with Crippen LogP contribution in [0.15, 0.2) is 59.5 Å². The predicted octanol–water partition coefficient (Wildman–Crippen LogP) is 4.57. The molecule has 0 N–H and O–H groups in total. The predicted molar refractivity (Wildman–Crippen MR) is 121 cm³/mol. The fourth-order valence-corrected chi connectivity index (χ4v) is 4.82. The highest BCUT2D eigenvalue weighted by Crippen LogP contribution is 2.40. The number of rotatable bonds is 8. The first-order chi connectivity index (χ1) is 15.8. The third-order valence-corrected chi connectivity index (χ3v) is 7.08. The highest BCUT2D eigenvalue weighted by Gasteiger charge is 2.38. The summed E-state index contributed by atoms with van der Waals surface area (Å²) in [5, 5.41) is 0. The lowest BCUT2D eigenvalue weighted by molar-refractivity contribution is -0.145. The summed E-state index contributed by atoms with van der Waals surface area (Å²) in [6, 6.07) is 12.9. The number of alkyl halides is 4. The van der Waals surface area contributed by atoms with Crippen molar-refractivity contribution in [1.82, 2.24) is 9.97 Å². The molecule has 0 radical (unpaired) electrons. The molecule has 0 aliphatic carbocycles. The molecule has 0 saturated carbocycles. The van der Waals surface area contributed by atoms with E-state index in [4.69, 9.17) is 15.8 Å². The van der Waals surface area contributed by atoms with E-state index in [1.54, 1.807) is 18.2 Å². The van der Waals surface area contributed by atoms with E-state index in [1.807, 2.05) is 0 Å². The maximum Gasteiger partial charge on any atom is 0.451 e. The standard InChI is InChI=1S/C21H18ClF3N2O5S2/c1-33(28,29)16-10-8-15(9-11-16)18-17(14-6-3-2-4-7-14)19(27-20(26-18)21(23,24)25)32-34(30,31)13-5-12-22/h2-4,6-11H,5,12-13H2,1H3. The summed E-state index contributed by atoms with van der Waals surface area (Å²) < 4.78 is 94.3. The molecular formula is C21H18ClF3N2O5S2. The van der Waals surface area contributed by atoms with E-state index in [1.165, 1.54) is 36.4 Å². The van der Waals surface area contributed by atoms with Crippen LogP contribution in [0.25, 0.3) is 22.4 Å². The quantitative estimate of drug-likeness (QED) is 0.308. The van der Waals surface area contributed by atoms with Crippen LogP contribution in [-0.2, 0) is 26.1 Å². The molecule has 0 atom stereocenters. The Kier molecular flexibility index (Phi) is 7.53. The highest BCUT2D eigenvalue weighted by atomic mass is 35.5. The van der Waals surface area contributed by atoms with Crippen LogP contribution in [0.3, 0.4) is 0 Å². The fraction of sp³-hybridized carbons (Fsp3) is 0.238. The van der Waals surface area contributed by atoms with Crippen molar-refractivity contribution in [2.24, 2.45) is 0 Å². The lowest BCUT2D eigenvalue weighted by Gasteiger charge is -2.17. The summed E-state index contributed by atoms with van der Waals surface area (Å²) in [5.74, 6) is -2.94. The van der Waals surface area contributed by atoms with Gasteiger partial charge in [0.15, 0.2) is 9.84 Å². The Hall–Kier alpha value is -2.70. The van der Waals surface area contributed by atoms with Gasteiger partial charge in [-0.05, 0) is 24.1 Å². The zero-order valence-electron chi connectivity index (χ0n) is 17.6. The maximum atomic E-state index is 13.6. The van der Waals surface area contributed by atoms with Gasteiger partial charge in [0.2, 0.25) is 11.7 Å². The first-order valence-corrected chi connectivity index (χ1v) is 13.7. The van der Waals surface area contributed by atoms with E-state index in [2.05, 4.69) is 9.97 Å². The Labute approximate surface area is 199 Å². The van der Waals surface area contributed by atoms with Gasteiger partial charge in [0.25, 0.3) is 0 Å². The number of hydrogen-bond donors (Lipinski definition) is 0. The van der Waals surface area contributed by atoms with Crippen LogP contribution in [0.5, 0.6) is 5.88 Å². The van der Waals surface area contributed by atoms with Crippen molar-refractivity contribution < 1.29 is 34.2 Å². The van der Waals surface area contributed by atoms with Gasteiger partial charge in [-0.15, -0.1) is 11.6 Å². The summed E-state index contributed by atoms with van der Waals surface area (Å²) in [6.07, 6.45) is -4.02. The Morgan fingerprint density at radius 1 is 0.912 bits per heavy atom. The van der Waals surface area contributed by atoms with E-state index in [0.29, 0.717) is 5.56 Å². The molecule has 0 spiro atoms. The molecule has 34 heavy (non-hydrogen) atoms. The fourth-order valence-electron chi connectivity index (χ4n) is 2.95. The molecule has 3 rings (SSSR count). The van der Waals surface area contributed by atoms with Crippen molar-refractivity contribution in [2.45, 2.75) is 17.5 Å². The van der Waals surface area contributed by atoms with Gasteiger partial charge < -0.3 is 4.18 Å². The van der Waals surface area contributed by atoms with E-state index >= 15 is 0 Å². The zero-order chi connectivity index (χ0) is 25.1. The van der Waals surface area contributed by atoms with Gasteiger partial charge in [-0.25, -0.2) is 13.4 Å². The second-order valence-corrected chi connectivity index (χ2v) is 11.2. The first-order valence-electron chi connectivity index (χ1n) is 9.65. The Morgan fingerprint density at radius 3 is 2.06 bits per heavy atom. The number of hydrogen-bond acceptors (Lipinski definition) is 7. The van der Waals surface area contributed by atoms with Crippen LogP contribution in [0, 0.1) is 0 Å². The summed E-state index contributed by atoms with van der Waals surface area (Å²) in [4.78, 5) is 6.99. The summed E-state index contributed by atoms with van der Waals surface area (Å²) >= 11 is 5.54. The number of nitrogens with zero attached hydrogens (tertiary/aromatic N) is 2. The molecule has 13 heteroatoms. The summed E-state index contributed by atoms with van der Waals surface area (Å²) in [5.41, 5.74) is 0.00869. The average Bonchev–Trinajstić information content (AvgIpc) is 2.76. The lowest BCUT2D eigenvalue weighted by atomic mass is 10.00. The third kappa shape index (κ3) is 6.24. The molecule has 0 fully saturated rings. The lowest BCUT2D eigenvalue weighted by Crippen LogP contribution is -2.19. The van der Waals surface area contributed by atoms with Gasteiger partial charge in [0.1, 0.15) is 0 Å². The second kappa shape index (κ2) is 9.88. The van der Waals surface area contributed by atoms with Crippen molar-refractivity contribution in [3.63, 3.8) is 0 Å². The number of benzene rings is 2. The Bertz CT molecular complexity index is 1380. The van der Waals surface area contributed by atoms with Crippen LogP contribution in [0.1, 0.15) is 12.2 Å². The zero-order valence-corrected chi connectivity index (χ0v) is 20.0. The molecule has 182 valence electrons. The van der Waals surface area contributed by atoms with E-state index < -0.39 is 43.6 Å². The largest absolute Gasteiger partial charge is 0.451 e. The molecule has 3 aromatic rings. The van der Waals surface area contributed by atoms with Crippen LogP contribution in [0.4, 0.5) is 13.2 Å². The molecular weight excluding hydrogens is 517 g/mol. The SMILES string of the molecule is CS(=O)(=O)c1ccc(-c2nc(C(F)(F)F)nc(OS(=O)(=O)CCCCl)c2-c2ccccc2)cc1. The molecule has 0 amide bonds. The molecule has 0 aliphatic heterocycles. The van der Waals surface area contributed by atoms with Crippen molar-refractivity contribution >= 4 is 31.6 Å². The number of sulfone groups is 1. The summed E-state index contributed by atoms with van der Waals surface area (Å²) in [6.45, 7) is 0. The van der Waals surface area contributed by atoms with Crippen molar-refractivity contribution in [3.05, 3.63) is 60.4 Å². The number of halogens is 4. The number of aromatic nitrogens is 2. The van der Waals surface area contributed by atoms with E-state index in [0.717, 1.165) is 6.26 Å². The summed E-state index contributed by atoms with van der Waals surface area (Å²) in [7, 11) is -7.90. The van der Waals surface area contributed by atoms with E-state index in [-0.39, 0.29) is 34.0 Å². The molecule has 0 aliphatic rings. The molecule has 1 heterocycles. The van der Waals surface area contributed by atoms with Crippen LogP contribution < -0.4 is 4.18 Å². The minimum absolute atomic E-state index is 0.00361. The van der Waals surface area contributed by atoms with E-state index in [9.17, 15) is 30.0 Å². The average molecular weight is 535 g/mol. The molecule has 7 nitrogen and oxygen atoms in total. The van der Waals surface area contributed by atoms with Crippen molar-refractivity contribution in [1.29, 1.82) is 0 Å².